The van der Waals surface area contributed by atoms with Crippen molar-refractivity contribution in [3.63, 3.8) is 0 Å². The molecule has 3 aromatic carbocycles. The van der Waals surface area contributed by atoms with Crippen LogP contribution in [0.1, 0.15) is 0 Å². The van der Waals surface area contributed by atoms with Crippen LogP contribution in [0.5, 0.6) is 0 Å². The van der Waals surface area contributed by atoms with Gasteiger partial charge in [-0.2, -0.15) is 0 Å². The lowest BCUT2D eigenvalue weighted by molar-refractivity contribution is -0.627. The van der Waals surface area contributed by atoms with E-state index in [2.05, 4.69) is 11.9 Å². The third-order valence-corrected chi connectivity index (χ3v) is 20.5. The molecule has 3 aliphatic heterocycles. The lowest BCUT2D eigenvalue weighted by atomic mass is 10.1. The van der Waals surface area contributed by atoms with Gasteiger partial charge in [-0.25, -0.2) is 17.6 Å². The highest BCUT2D eigenvalue weighted by Gasteiger charge is 2.64. The molecule has 6 heterocycles. The van der Waals surface area contributed by atoms with E-state index in [0.717, 1.165) is 32.6 Å². The molecule has 3 nitrogen and oxygen atoms in total. The molecule has 0 saturated carbocycles. The second-order valence-corrected chi connectivity index (χ2v) is 19.9. The Morgan fingerprint density at radius 1 is 0.500 bits per heavy atom. The summed E-state index contributed by atoms with van der Waals surface area (Å²) in [4.78, 5) is 2.04. The third kappa shape index (κ3) is 3.33. The van der Waals surface area contributed by atoms with Gasteiger partial charge in [0, 0.05) is 59.7 Å². The van der Waals surface area contributed by atoms with Crippen LogP contribution in [0, 0.1) is 23.3 Å². The minimum absolute atomic E-state index is 0.368. The first-order valence-electron chi connectivity index (χ1n) is 13.6. The average Bonchev–Trinajstić information content (AvgIpc) is 3.45. The van der Waals surface area contributed by atoms with Crippen LogP contribution in [0.3, 0.4) is 0 Å². The smallest absolute Gasteiger partial charge is 0.207 e. The molecule has 0 amide bonds. The number of benzene rings is 3. The summed E-state index contributed by atoms with van der Waals surface area (Å²) in [5.74, 6) is -2.51. The van der Waals surface area contributed by atoms with Gasteiger partial charge in [-0.05, 0) is 36.4 Å². The van der Waals surface area contributed by atoms with Crippen LogP contribution in [0.25, 0.3) is 22.4 Å². The Labute approximate surface area is 260 Å². The Morgan fingerprint density at radius 3 is 1.86 bits per heavy atom. The fourth-order valence-corrected chi connectivity index (χ4v) is 20.7. The molecule has 2 spiro atoms. The first kappa shape index (κ1) is 26.6. The van der Waals surface area contributed by atoms with Gasteiger partial charge in [-0.15, -0.1) is 3.97 Å². The molecular weight excluding hydrogens is 643 g/mol. The average molecular weight is 663 g/mol. The summed E-state index contributed by atoms with van der Waals surface area (Å²) in [7, 11) is -1.82. The van der Waals surface area contributed by atoms with E-state index in [9.17, 15) is 0 Å². The molecule has 6 aromatic rings. The number of pyridine rings is 3. The summed E-state index contributed by atoms with van der Waals surface area (Å²) in [5, 5.41) is 1.61. The standard InChI is InChI=1S/C33H20F4N3S4/c34-21-17-24(36)32-23-9-1-2-11-27(23)43(28(32)19-21)39-15-7-4-12-30(39)42-44(40-16-8-5-13-31(40)41-43)29-20-22(35)18-25(37)33(29)26-10-3-6-14-38(26)44/h1-20H/q+3. The van der Waals surface area contributed by atoms with Crippen molar-refractivity contribution in [3.05, 3.63) is 145 Å². The van der Waals surface area contributed by atoms with Gasteiger partial charge in [0.1, 0.15) is 44.5 Å². The highest BCUT2D eigenvalue weighted by Crippen LogP contribution is 2.79. The van der Waals surface area contributed by atoms with Gasteiger partial charge in [0.05, 0.1) is 29.8 Å². The van der Waals surface area contributed by atoms with Crippen LogP contribution in [0.4, 0.5) is 17.6 Å². The number of hydrogen-bond acceptors (Lipinski definition) is 2. The molecule has 3 aromatic heterocycles. The van der Waals surface area contributed by atoms with E-state index in [4.69, 9.17) is 0 Å². The van der Waals surface area contributed by atoms with Crippen LogP contribution in [0.2, 0.25) is 0 Å². The van der Waals surface area contributed by atoms with Gasteiger partial charge in [-0.3, -0.25) is 0 Å². The van der Waals surface area contributed by atoms with E-state index in [1.165, 1.54) is 22.9 Å². The molecule has 0 saturated heterocycles. The number of aromatic nitrogens is 3. The van der Waals surface area contributed by atoms with Crippen molar-refractivity contribution in [2.24, 2.45) is 0 Å². The molecule has 3 aliphatic rings. The van der Waals surface area contributed by atoms with Crippen molar-refractivity contribution in [3.8, 4) is 22.4 Å². The summed E-state index contributed by atoms with van der Waals surface area (Å²) < 4.78 is 68.1. The molecule has 2 unspecified atom stereocenters. The highest BCUT2D eigenvalue weighted by molar-refractivity contribution is 8.92. The number of nitrogens with zero attached hydrogens (tertiary/aromatic N) is 3. The lowest BCUT2D eigenvalue weighted by Gasteiger charge is -2.34. The molecule has 9 rings (SSSR count). The molecule has 0 aliphatic carbocycles. The monoisotopic (exact) mass is 662 g/mol. The minimum atomic E-state index is -2.48. The van der Waals surface area contributed by atoms with Crippen molar-refractivity contribution < 1.29 is 29.5 Å². The van der Waals surface area contributed by atoms with Crippen LogP contribution in [-0.2, 0) is 0 Å². The van der Waals surface area contributed by atoms with E-state index < -0.39 is 41.9 Å². The summed E-state index contributed by atoms with van der Waals surface area (Å²) in [6.07, 6.45) is 5.83. The Kier molecular flexibility index (Phi) is 5.67. The summed E-state index contributed by atoms with van der Waals surface area (Å²) in [5.41, 5.74) is 2.15. The maximum atomic E-state index is 15.7. The molecule has 0 N–H and O–H groups in total. The van der Waals surface area contributed by atoms with Gasteiger partial charge in [0.15, 0.2) is 18.6 Å². The van der Waals surface area contributed by atoms with Crippen molar-refractivity contribution in [1.29, 1.82) is 0 Å². The first-order chi connectivity index (χ1) is 21.4. The zero-order valence-electron chi connectivity index (χ0n) is 22.5. The zero-order valence-corrected chi connectivity index (χ0v) is 25.8. The SMILES string of the molecule is Fc1cc(F)c2c(c1)S1(Sc3cccc[n+]3S3(Sc4cccc[n+]41)c1cc(F)cc(F)c1-c1cccc[n+]13)c1ccccc1-2. The summed E-state index contributed by atoms with van der Waals surface area (Å²) in [6.45, 7) is 0. The van der Waals surface area contributed by atoms with Crippen molar-refractivity contribution >= 4 is 40.3 Å². The van der Waals surface area contributed by atoms with Crippen LogP contribution < -0.4 is 11.9 Å². The van der Waals surface area contributed by atoms with Crippen molar-refractivity contribution in [2.75, 3.05) is 0 Å². The van der Waals surface area contributed by atoms with Crippen molar-refractivity contribution in [1.82, 2.24) is 0 Å². The lowest BCUT2D eigenvalue weighted by Crippen LogP contribution is -2.55. The van der Waals surface area contributed by atoms with E-state index in [0.29, 0.717) is 26.6 Å². The van der Waals surface area contributed by atoms with Gasteiger partial charge in [-0.1, -0.05) is 26.1 Å². The van der Waals surface area contributed by atoms with Crippen LogP contribution in [-0.4, -0.2) is 0 Å². The van der Waals surface area contributed by atoms with Gasteiger partial charge in [0.2, 0.25) is 5.69 Å². The molecule has 2 atom stereocenters. The number of halogens is 4. The van der Waals surface area contributed by atoms with Crippen molar-refractivity contribution in [2.45, 2.75) is 24.7 Å². The van der Waals surface area contributed by atoms with Gasteiger partial charge in [0.25, 0.3) is 19.5 Å². The fourth-order valence-electron chi connectivity index (χ4n) is 6.30. The molecule has 11 heteroatoms. The summed E-state index contributed by atoms with van der Waals surface area (Å²) >= 11 is 0. The molecule has 0 radical (unpaired) electrons. The number of hydrogen-bond donors (Lipinski definition) is 0. The second-order valence-electron chi connectivity index (χ2n) is 10.3. The highest BCUT2D eigenvalue weighted by atomic mass is 33.2. The van der Waals surface area contributed by atoms with Crippen LogP contribution in [0.15, 0.2) is 146 Å². The Morgan fingerprint density at radius 2 is 1.09 bits per heavy atom. The maximum Gasteiger partial charge on any atom is 0.274 e. The quantitative estimate of drug-likeness (QED) is 0.0918. The van der Waals surface area contributed by atoms with E-state index in [1.807, 2.05) is 97.5 Å². The molecule has 44 heavy (non-hydrogen) atoms. The number of rotatable bonds is 0. The molecule has 0 bridgehead atoms. The zero-order chi connectivity index (χ0) is 29.8. The van der Waals surface area contributed by atoms with Crippen LogP contribution >= 0.6 is 40.3 Å². The molecular formula is C33H20F4N3S4+3. The van der Waals surface area contributed by atoms with Gasteiger partial charge < -0.3 is 0 Å². The minimum Gasteiger partial charge on any atom is -0.207 e. The Balaban J connectivity index is 1.44. The second kappa shape index (κ2) is 9.37. The fraction of sp³-hybridized carbons (Fsp3) is 0. The predicted molar refractivity (Wildman–Crippen MR) is 165 cm³/mol. The number of fused-ring (bicyclic) bond motifs is 14. The Bertz CT molecular complexity index is 2070. The maximum absolute atomic E-state index is 15.7. The summed E-state index contributed by atoms with van der Waals surface area (Å²) in [6, 6.07) is 29.7. The van der Waals surface area contributed by atoms with Gasteiger partial charge >= 0.3 is 0 Å². The van der Waals surface area contributed by atoms with E-state index in [1.54, 1.807) is 10.8 Å². The Hall–Kier alpha value is -3.77. The molecule has 0 fully saturated rings. The predicted octanol–water partition coefficient (Wildman–Crippen LogP) is 8.57. The molecule has 216 valence electrons. The normalized spacial score (nSPS) is 23.2. The largest absolute Gasteiger partial charge is 0.274 e. The van der Waals surface area contributed by atoms with E-state index in [-0.39, 0.29) is 0 Å². The topological polar surface area (TPSA) is 11.6 Å². The van der Waals surface area contributed by atoms with E-state index >= 15 is 17.6 Å². The first-order valence-corrected chi connectivity index (χ1v) is 19.4. The third-order valence-electron chi connectivity index (χ3n) is 7.95.